The maximum atomic E-state index is 6.30. The Morgan fingerprint density at radius 2 is 2.19 bits per heavy atom. The van der Waals surface area contributed by atoms with Crippen molar-refractivity contribution in [3.8, 4) is 10.7 Å². The summed E-state index contributed by atoms with van der Waals surface area (Å²) in [6.45, 7) is 4.16. The van der Waals surface area contributed by atoms with Crippen LogP contribution in [0, 0.1) is 0 Å². The highest BCUT2D eigenvalue weighted by Gasteiger charge is 2.37. The van der Waals surface area contributed by atoms with Gasteiger partial charge in [-0.25, -0.2) is 4.98 Å². The summed E-state index contributed by atoms with van der Waals surface area (Å²) in [6, 6.07) is 0. The fraction of sp³-hybridized carbons (Fsp3) is 0.538. The van der Waals surface area contributed by atoms with Crippen molar-refractivity contribution in [2.75, 3.05) is 0 Å². The highest BCUT2D eigenvalue weighted by atomic mass is 32.1. The van der Waals surface area contributed by atoms with E-state index < -0.39 is 0 Å². The molecule has 0 atom stereocenters. The fourth-order valence-electron chi connectivity index (χ4n) is 2.58. The normalized spacial score (nSPS) is 17.5. The minimum atomic E-state index is -0.277. The smallest absolute Gasteiger partial charge is 0.235 e. The Bertz CT molecular complexity index is 793. The van der Waals surface area contributed by atoms with Crippen LogP contribution >= 0.6 is 11.3 Å². The molecular weight excluding hydrogens is 286 g/mol. The molecule has 0 aliphatic heterocycles. The van der Waals surface area contributed by atoms with Gasteiger partial charge in [-0.15, -0.1) is 10.2 Å². The van der Waals surface area contributed by atoms with Crippen LogP contribution in [0.5, 0.6) is 0 Å². The zero-order valence-electron chi connectivity index (χ0n) is 12.0. The first-order valence-electron chi connectivity index (χ1n) is 7.14. The van der Waals surface area contributed by atoms with Crippen LogP contribution in [0.1, 0.15) is 50.7 Å². The number of nitrogens with zero attached hydrogens (tertiary/aromatic N) is 5. The van der Waals surface area contributed by atoms with E-state index in [0.717, 1.165) is 40.2 Å². The summed E-state index contributed by atoms with van der Waals surface area (Å²) in [4.78, 5) is 8.56. The summed E-state index contributed by atoms with van der Waals surface area (Å²) in [6.07, 6.45) is 4.95. The second kappa shape index (κ2) is 4.35. The molecule has 4 rings (SSSR count). The third kappa shape index (κ3) is 1.90. The van der Waals surface area contributed by atoms with Gasteiger partial charge in [0, 0.05) is 5.92 Å². The molecule has 7 nitrogen and oxygen atoms in total. The monoisotopic (exact) mass is 303 g/mol. The van der Waals surface area contributed by atoms with Gasteiger partial charge >= 0.3 is 0 Å². The van der Waals surface area contributed by atoms with Gasteiger partial charge in [-0.1, -0.05) is 25.2 Å². The molecule has 1 saturated carbocycles. The molecule has 0 unspecified atom stereocenters. The number of nitrogens with two attached hydrogens (primary N) is 1. The molecule has 1 fully saturated rings. The molecular formula is C13H17N7S. The lowest BCUT2D eigenvalue weighted by atomic mass is 9.77. The molecule has 1 aliphatic carbocycles. The second-order valence-electron chi connectivity index (χ2n) is 5.97. The maximum absolute atomic E-state index is 6.30. The van der Waals surface area contributed by atoms with Crippen LogP contribution in [0.2, 0.25) is 0 Å². The molecule has 3 N–H and O–H groups in total. The van der Waals surface area contributed by atoms with Gasteiger partial charge in [-0.2, -0.15) is 9.61 Å². The standard InChI is InChI=1S/C13H17N7S/c1-7(2)9-17-18-12-20(9)19-10(21-12)8-6-15-11(16-8)13(14)4-3-5-13/h6-7H,3-5,14H2,1-2H3,(H,15,16). The molecule has 3 heterocycles. The van der Waals surface area contributed by atoms with Crippen molar-refractivity contribution in [2.45, 2.75) is 44.6 Å². The topological polar surface area (TPSA) is 97.8 Å². The first-order chi connectivity index (χ1) is 10.1. The lowest BCUT2D eigenvalue weighted by Gasteiger charge is -2.35. The number of H-pyrrole nitrogens is 1. The lowest BCUT2D eigenvalue weighted by Crippen LogP contribution is -2.44. The fourth-order valence-corrected chi connectivity index (χ4v) is 3.39. The molecule has 0 saturated heterocycles. The Morgan fingerprint density at radius 1 is 1.38 bits per heavy atom. The highest BCUT2D eigenvalue weighted by molar-refractivity contribution is 7.19. The van der Waals surface area contributed by atoms with Crippen LogP contribution in [-0.2, 0) is 5.54 Å². The quantitative estimate of drug-likeness (QED) is 0.771. The minimum absolute atomic E-state index is 0.277. The van der Waals surface area contributed by atoms with E-state index >= 15 is 0 Å². The first-order valence-corrected chi connectivity index (χ1v) is 7.95. The third-order valence-electron chi connectivity index (χ3n) is 4.06. The van der Waals surface area contributed by atoms with Crippen LogP contribution in [0.25, 0.3) is 15.7 Å². The summed E-state index contributed by atoms with van der Waals surface area (Å²) >= 11 is 1.50. The Labute approximate surface area is 125 Å². The Morgan fingerprint density at radius 3 is 2.86 bits per heavy atom. The number of hydrogen-bond acceptors (Lipinski definition) is 6. The van der Waals surface area contributed by atoms with Crippen molar-refractivity contribution in [3.63, 3.8) is 0 Å². The Hall–Kier alpha value is -1.80. The molecule has 110 valence electrons. The number of aromatic nitrogens is 6. The highest BCUT2D eigenvalue weighted by Crippen LogP contribution is 2.38. The molecule has 0 aromatic carbocycles. The number of nitrogens with one attached hydrogen (secondary N) is 1. The van der Waals surface area contributed by atoms with Crippen LogP contribution in [0.15, 0.2) is 6.20 Å². The molecule has 3 aromatic heterocycles. The second-order valence-corrected chi connectivity index (χ2v) is 6.93. The third-order valence-corrected chi connectivity index (χ3v) is 4.99. The average molecular weight is 303 g/mol. The molecule has 0 radical (unpaired) electrons. The number of hydrogen-bond donors (Lipinski definition) is 2. The van der Waals surface area contributed by atoms with Crippen molar-refractivity contribution in [1.29, 1.82) is 0 Å². The van der Waals surface area contributed by atoms with E-state index in [2.05, 4.69) is 39.1 Å². The predicted octanol–water partition coefficient (Wildman–Crippen LogP) is 2.04. The van der Waals surface area contributed by atoms with E-state index in [0.29, 0.717) is 0 Å². The van der Waals surface area contributed by atoms with Gasteiger partial charge < -0.3 is 10.7 Å². The van der Waals surface area contributed by atoms with Gasteiger partial charge in [0.25, 0.3) is 0 Å². The Balaban J connectivity index is 1.73. The van der Waals surface area contributed by atoms with Gasteiger partial charge in [0.1, 0.15) is 5.82 Å². The lowest BCUT2D eigenvalue weighted by molar-refractivity contribution is 0.240. The van der Waals surface area contributed by atoms with Crippen molar-refractivity contribution in [3.05, 3.63) is 17.8 Å². The van der Waals surface area contributed by atoms with Gasteiger partial charge in [0.2, 0.25) is 4.96 Å². The molecule has 0 bridgehead atoms. The predicted molar refractivity (Wildman–Crippen MR) is 80.0 cm³/mol. The summed E-state index contributed by atoms with van der Waals surface area (Å²) < 4.78 is 1.81. The summed E-state index contributed by atoms with van der Waals surface area (Å²) in [5, 5.41) is 13.8. The molecule has 0 amide bonds. The number of rotatable bonds is 3. The molecule has 21 heavy (non-hydrogen) atoms. The van der Waals surface area contributed by atoms with Crippen LogP contribution in [0.4, 0.5) is 0 Å². The number of fused-ring (bicyclic) bond motifs is 1. The summed E-state index contributed by atoms with van der Waals surface area (Å²) in [5.74, 6) is 2.02. The van der Waals surface area contributed by atoms with E-state index in [4.69, 9.17) is 5.73 Å². The van der Waals surface area contributed by atoms with Gasteiger partial charge in [0.15, 0.2) is 10.8 Å². The summed E-state index contributed by atoms with van der Waals surface area (Å²) in [5.41, 5.74) is 6.91. The van der Waals surface area contributed by atoms with E-state index in [1.54, 1.807) is 0 Å². The van der Waals surface area contributed by atoms with E-state index in [9.17, 15) is 0 Å². The maximum Gasteiger partial charge on any atom is 0.235 e. The molecule has 1 aliphatic rings. The first kappa shape index (κ1) is 12.9. The van der Waals surface area contributed by atoms with Gasteiger partial charge in [-0.05, 0) is 19.3 Å². The van der Waals surface area contributed by atoms with Crippen molar-refractivity contribution in [1.82, 2.24) is 29.8 Å². The number of imidazole rings is 1. The van der Waals surface area contributed by atoms with E-state index in [1.807, 2.05) is 10.7 Å². The SMILES string of the molecule is CC(C)c1nnc2sc(-c3cnc(C4(N)CCC4)[nH]3)nn12. The molecule has 8 heteroatoms. The van der Waals surface area contributed by atoms with Crippen molar-refractivity contribution >= 4 is 16.3 Å². The zero-order valence-corrected chi connectivity index (χ0v) is 12.8. The number of aromatic amines is 1. The molecule has 3 aromatic rings. The Kier molecular flexibility index (Phi) is 2.67. The van der Waals surface area contributed by atoms with Crippen LogP contribution in [0.3, 0.4) is 0 Å². The van der Waals surface area contributed by atoms with E-state index in [-0.39, 0.29) is 11.5 Å². The van der Waals surface area contributed by atoms with Gasteiger partial charge in [0.05, 0.1) is 17.4 Å². The minimum Gasteiger partial charge on any atom is -0.338 e. The van der Waals surface area contributed by atoms with E-state index in [1.165, 1.54) is 17.8 Å². The van der Waals surface area contributed by atoms with Crippen molar-refractivity contribution < 1.29 is 0 Å². The van der Waals surface area contributed by atoms with Crippen LogP contribution in [-0.4, -0.2) is 29.8 Å². The molecule has 0 spiro atoms. The van der Waals surface area contributed by atoms with Gasteiger partial charge in [-0.3, -0.25) is 0 Å². The summed E-state index contributed by atoms with van der Waals surface area (Å²) in [7, 11) is 0. The zero-order chi connectivity index (χ0) is 14.6. The van der Waals surface area contributed by atoms with Crippen molar-refractivity contribution in [2.24, 2.45) is 5.73 Å². The average Bonchev–Trinajstić information content (AvgIpc) is 3.08. The van der Waals surface area contributed by atoms with Crippen LogP contribution < -0.4 is 5.73 Å². The largest absolute Gasteiger partial charge is 0.338 e.